The molecule has 4 heteroatoms. The molecular weight excluding hydrogens is 266 g/mol. The first-order chi connectivity index (χ1) is 10.2. The van der Waals surface area contributed by atoms with Crippen LogP contribution in [0.3, 0.4) is 0 Å². The molecule has 116 valence electrons. The molecule has 1 aliphatic rings. The Balaban J connectivity index is 2.35. The molecule has 0 radical (unpaired) electrons. The maximum atomic E-state index is 12.3. The molecule has 1 N–H and O–H groups in total. The second-order valence-electron chi connectivity index (χ2n) is 5.47. The fourth-order valence-electron chi connectivity index (χ4n) is 3.00. The number of ether oxygens (including phenoxy) is 1. The van der Waals surface area contributed by atoms with Crippen molar-refractivity contribution >= 4 is 11.7 Å². The van der Waals surface area contributed by atoms with Crippen LogP contribution in [0.2, 0.25) is 0 Å². The number of hydrogen-bond acceptors (Lipinski definition) is 4. The van der Waals surface area contributed by atoms with Gasteiger partial charge >= 0.3 is 5.97 Å². The minimum atomic E-state index is -0.448. The molecule has 1 aromatic rings. The molecule has 0 bridgehead atoms. The van der Waals surface area contributed by atoms with Crippen molar-refractivity contribution in [3.05, 3.63) is 29.8 Å². The fourth-order valence-corrected chi connectivity index (χ4v) is 3.00. The highest BCUT2D eigenvalue weighted by molar-refractivity contribution is 5.80. The number of rotatable bonds is 5. The molecule has 0 aliphatic carbocycles. The van der Waals surface area contributed by atoms with Gasteiger partial charge in [-0.3, -0.25) is 0 Å². The molecule has 0 fully saturated rings. The summed E-state index contributed by atoms with van der Waals surface area (Å²) in [5, 5.41) is 10.3. The Bertz CT molecular complexity index is 475. The van der Waals surface area contributed by atoms with Crippen molar-refractivity contribution < 1.29 is 14.6 Å². The van der Waals surface area contributed by atoms with Crippen LogP contribution in [0.25, 0.3) is 0 Å². The number of aliphatic hydroxyl groups is 1. The Morgan fingerprint density at radius 3 is 2.90 bits per heavy atom. The van der Waals surface area contributed by atoms with E-state index in [0.717, 1.165) is 43.5 Å². The number of carbonyl (C=O) groups is 1. The maximum absolute atomic E-state index is 12.3. The molecule has 2 rings (SSSR count). The lowest BCUT2D eigenvalue weighted by Crippen LogP contribution is -2.43. The highest BCUT2D eigenvalue weighted by Gasteiger charge is 2.30. The zero-order chi connectivity index (χ0) is 15.2. The molecule has 2 unspecified atom stereocenters. The van der Waals surface area contributed by atoms with E-state index in [1.165, 1.54) is 0 Å². The van der Waals surface area contributed by atoms with E-state index in [0.29, 0.717) is 6.61 Å². The van der Waals surface area contributed by atoms with Crippen molar-refractivity contribution in [2.45, 2.75) is 51.7 Å². The molecule has 2 atom stereocenters. The Morgan fingerprint density at radius 1 is 1.43 bits per heavy atom. The standard InChI is InChI=1S/C17H25NO3/c1-3-8-15(17(20)21-4-2)18-12-7-11-16(19)13-9-5-6-10-14(13)18/h5-6,9-10,15-16,19H,3-4,7-8,11-12H2,1-2H3. The van der Waals surface area contributed by atoms with Crippen molar-refractivity contribution in [2.75, 3.05) is 18.1 Å². The SMILES string of the molecule is CCCC(C(=O)OCC)N1CCCC(O)c2ccccc21. The van der Waals surface area contributed by atoms with E-state index in [9.17, 15) is 9.90 Å². The summed E-state index contributed by atoms with van der Waals surface area (Å²) in [5.74, 6) is -0.162. The van der Waals surface area contributed by atoms with Crippen molar-refractivity contribution in [3.8, 4) is 0 Å². The van der Waals surface area contributed by atoms with Crippen LogP contribution in [-0.4, -0.2) is 30.3 Å². The molecular formula is C17H25NO3. The molecule has 0 amide bonds. The second kappa shape index (κ2) is 7.46. The van der Waals surface area contributed by atoms with Gasteiger partial charge in [-0.1, -0.05) is 31.5 Å². The van der Waals surface area contributed by atoms with E-state index in [4.69, 9.17) is 4.74 Å². The average Bonchev–Trinajstić information content (AvgIpc) is 2.65. The van der Waals surface area contributed by atoms with Crippen LogP contribution in [0.4, 0.5) is 5.69 Å². The molecule has 21 heavy (non-hydrogen) atoms. The van der Waals surface area contributed by atoms with Gasteiger partial charge < -0.3 is 14.7 Å². The number of hydrogen-bond donors (Lipinski definition) is 1. The number of carbonyl (C=O) groups excluding carboxylic acids is 1. The molecule has 0 saturated heterocycles. The van der Waals surface area contributed by atoms with Gasteiger partial charge in [0.1, 0.15) is 6.04 Å². The molecule has 1 aromatic carbocycles. The minimum absolute atomic E-state index is 0.162. The van der Waals surface area contributed by atoms with Crippen molar-refractivity contribution in [2.24, 2.45) is 0 Å². The zero-order valence-electron chi connectivity index (χ0n) is 12.9. The Hall–Kier alpha value is -1.55. The number of fused-ring (bicyclic) bond motifs is 1. The van der Waals surface area contributed by atoms with Crippen molar-refractivity contribution in [3.63, 3.8) is 0 Å². The Morgan fingerprint density at radius 2 is 2.19 bits per heavy atom. The van der Waals surface area contributed by atoms with Crippen LogP contribution in [0.5, 0.6) is 0 Å². The number of benzene rings is 1. The number of nitrogens with zero attached hydrogens (tertiary/aromatic N) is 1. The van der Waals surface area contributed by atoms with Gasteiger partial charge in [0.2, 0.25) is 0 Å². The summed E-state index contributed by atoms with van der Waals surface area (Å²) >= 11 is 0. The predicted octanol–water partition coefficient (Wildman–Crippen LogP) is 3.05. The van der Waals surface area contributed by atoms with Crippen LogP contribution in [0.1, 0.15) is 51.2 Å². The van der Waals surface area contributed by atoms with E-state index in [2.05, 4.69) is 11.8 Å². The lowest BCUT2D eigenvalue weighted by molar-refractivity contribution is -0.145. The zero-order valence-corrected chi connectivity index (χ0v) is 12.9. The normalized spacial score (nSPS) is 19.6. The second-order valence-corrected chi connectivity index (χ2v) is 5.47. The molecule has 0 spiro atoms. The Labute approximate surface area is 126 Å². The van der Waals surface area contributed by atoms with Gasteiger partial charge in [0.15, 0.2) is 0 Å². The van der Waals surface area contributed by atoms with E-state index in [1.807, 2.05) is 31.2 Å². The molecule has 4 nitrogen and oxygen atoms in total. The van der Waals surface area contributed by atoms with E-state index in [1.54, 1.807) is 0 Å². The molecule has 1 aliphatic heterocycles. The molecule has 0 aromatic heterocycles. The van der Waals surface area contributed by atoms with Crippen LogP contribution >= 0.6 is 0 Å². The van der Waals surface area contributed by atoms with Crippen LogP contribution in [0, 0.1) is 0 Å². The molecule has 1 heterocycles. The summed E-state index contributed by atoms with van der Waals surface area (Å²) in [7, 11) is 0. The van der Waals surface area contributed by atoms with Crippen molar-refractivity contribution in [1.82, 2.24) is 0 Å². The summed E-state index contributed by atoms with van der Waals surface area (Å²) in [6.45, 7) is 5.08. The molecule has 0 saturated carbocycles. The largest absolute Gasteiger partial charge is 0.464 e. The summed E-state index contributed by atoms with van der Waals surface area (Å²) in [4.78, 5) is 14.4. The van der Waals surface area contributed by atoms with Gasteiger partial charge in [-0.2, -0.15) is 0 Å². The van der Waals surface area contributed by atoms with Gasteiger partial charge in [-0.15, -0.1) is 0 Å². The predicted molar refractivity (Wildman–Crippen MR) is 83.3 cm³/mol. The van der Waals surface area contributed by atoms with Gasteiger partial charge in [0.05, 0.1) is 12.7 Å². The maximum Gasteiger partial charge on any atom is 0.328 e. The summed E-state index contributed by atoms with van der Waals surface area (Å²) in [6, 6.07) is 7.57. The van der Waals surface area contributed by atoms with Crippen LogP contribution in [0.15, 0.2) is 24.3 Å². The lowest BCUT2D eigenvalue weighted by atomic mass is 10.0. The number of esters is 1. The number of para-hydroxylation sites is 1. The summed E-state index contributed by atoms with van der Waals surface area (Å²) < 4.78 is 5.25. The van der Waals surface area contributed by atoms with Crippen LogP contribution < -0.4 is 4.90 Å². The number of anilines is 1. The first kappa shape index (κ1) is 15.8. The van der Waals surface area contributed by atoms with Gasteiger partial charge in [-0.05, 0) is 32.3 Å². The van der Waals surface area contributed by atoms with E-state index in [-0.39, 0.29) is 12.0 Å². The van der Waals surface area contributed by atoms with E-state index >= 15 is 0 Å². The third kappa shape index (κ3) is 3.56. The third-order valence-electron chi connectivity index (χ3n) is 3.98. The monoisotopic (exact) mass is 291 g/mol. The van der Waals surface area contributed by atoms with Gasteiger partial charge in [0.25, 0.3) is 0 Å². The van der Waals surface area contributed by atoms with Crippen LogP contribution in [-0.2, 0) is 9.53 Å². The van der Waals surface area contributed by atoms with Crippen molar-refractivity contribution in [1.29, 1.82) is 0 Å². The lowest BCUT2D eigenvalue weighted by Gasteiger charge is -2.32. The summed E-state index contributed by atoms with van der Waals surface area (Å²) in [6.07, 6.45) is 2.84. The highest BCUT2D eigenvalue weighted by Crippen LogP contribution is 2.34. The first-order valence-electron chi connectivity index (χ1n) is 7.89. The van der Waals surface area contributed by atoms with Gasteiger partial charge in [0, 0.05) is 17.8 Å². The minimum Gasteiger partial charge on any atom is -0.464 e. The smallest absolute Gasteiger partial charge is 0.328 e. The quantitative estimate of drug-likeness (QED) is 0.847. The van der Waals surface area contributed by atoms with Gasteiger partial charge in [-0.25, -0.2) is 4.79 Å². The fraction of sp³-hybridized carbons (Fsp3) is 0.588. The average molecular weight is 291 g/mol. The number of aliphatic hydroxyl groups excluding tert-OH is 1. The highest BCUT2D eigenvalue weighted by atomic mass is 16.5. The third-order valence-corrected chi connectivity index (χ3v) is 3.98. The first-order valence-corrected chi connectivity index (χ1v) is 7.89. The van der Waals surface area contributed by atoms with E-state index < -0.39 is 6.10 Å². The summed E-state index contributed by atoms with van der Waals surface area (Å²) in [5.41, 5.74) is 1.88. The topological polar surface area (TPSA) is 49.8 Å². The Kier molecular flexibility index (Phi) is 5.62.